The third-order valence-corrected chi connectivity index (χ3v) is 9.58. The molecule has 0 aromatic heterocycles. The number of rotatable bonds is 8. The number of aryl methyl sites for hydroxylation is 1. The highest BCUT2D eigenvalue weighted by molar-refractivity contribution is 6.06. The molecule has 1 spiro atoms. The number of benzene rings is 2. The van der Waals surface area contributed by atoms with Crippen LogP contribution in [0.5, 0.6) is 0 Å². The highest BCUT2D eigenvalue weighted by atomic mass is 16.6. The van der Waals surface area contributed by atoms with E-state index in [9.17, 15) is 19.2 Å². The highest BCUT2D eigenvalue weighted by Crippen LogP contribution is 2.47. The van der Waals surface area contributed by atoms with Gasteiger partial charge >= 0.3 is 6.09 Å². The molecular weight excluding hydrogens is 506 g/mol. The Morgan fingerprint density at radius 2 is 1.80 bits per heavy atom. The Bertz CT molecular complexity index is 1380. The molecule has 2 aromatic carbocycles. The van der Waals surface area contributed by atoms with Gasteiger partial charge in [-0.15, -0.1) is 0 Å². The molecular formula is C32H35N3O5. The van der Waals surface area contributed by atoms with Crippen LogP contribution in [0.4, 0.5) is 4.79 Å². The first-order chi connectivity index (χ1) is 19.3. The van der Waals surface area contributed by atoms with E-state index in [1.165, 1.54) is 0 Å². The molecule has 2 saturated heterocycles. The third-order valence-electron chi connectivity index (χ3n) is 9.58. The first-order valence-electron chi connectivity index (χ1n) is 14.6. The Morgan fingerprint density at radius 1 is 1.05 bits per heavy atom. The first kappa shape index (κ1) is 25.3. The number of amides is 4. The van der Waals surface area contributed by atoms with Gasteiger partial charge in [0.05, 0.1) is 0 Å². The van der Waals surface area contributed by atoms with Gasteiger partial charge in [0.25, 0.3) is 5.91 Å². The van der Waals surface area contributed by atoms with Gasteiger partial charge in [0.2, 0.25) is 17.4 Å². The molecule has 2 aromatic rings. The summed E-state index contributed by atoms with van der Waals surface area (Å²) in [6, 6.07) is 15.9. The zero-order valence-corrected chi connectivity index (χ0v) is 22.9. The topological polar surface area (TPSA) is 87.2 Å². The minimum absolute atomic E-state index is 0.0306. The number of hydrogen-bond acceptors (Lipinski definition) is 5. The van der Waals surface area contributed by atoms with Crippen LogP contribution in [0.15, 0.2) is 48.5 Å². The SMILES string of the molecule is C[C@@H](C1CC1)N(Cc1ccccc1)C(=O)CN1C(=O)O[C@@]2(CCc3cc(C4CN(C(=O)C5CC5)C4)ccc32)C1=O. The van der Waals surface area contributed by atoms with E-state index in [2.05, 4.69) is 13.0 Å². The van der Waals surface area contributed by atoms with Gasteiger partial charge in [-0.25, -0.2) is 9.69 Å². The predicted molar refractivity (Wildman–Crippen MR) is 146 cm³/mol. The van der Waals surface area contributed by atoms with E-state index in [0.29, 0.717) is 31.2 Å². The molecule has 4 amide bonds. The number of imide groups is 1. The highest BCUT2D eigenvalue weighted by Gasteiger charge is 2.58. The molecule has 8 heteroatoms. The first-order valence-corrected chi connectivity index (χ1v) is 14.6. The number of nitrogens with zero attached hydrogens (tertiary/aromatic N) is 3. The molecule has 0 N–H and O–H groups in total. The molecule has 208 valence electrons. The largest absolute Gasteiger partial charge is 0.427 e. The summed E-state index contributed by atoms with van der Waals surface area (Å²) in [6.07, 6.45) is 4.46. The molecule has 2 aliphatic heterocycles. The van der Waals surface area contributed by atoms with Gasteiger partial charge < -0.3 is 14.5 Å². The average Bonchev–Trinajstić information content (AvgIpc) is 3.86. The van der Waals surface area contributed by atoms with Crippen LogP contribution in [0.3, 0.4) is 0 Å². The number of hydrogen-bond donors (Lipinski definition) is 0. The van der Waals surface area contributed by atoms with E-state index in [1.807, 2.05) is 52.3 Å². The molecule has 2 saturated carbocycles. The zero-order valence-electron chi connectivity index (χ0n) is 22.9. The second-order valence-electron chi connectivity index (χ2n) is 12.3. The number of ether oxygens (including phenoxy) is 1. The lowest BCUT2D eigenvalue weighted by Gasteiger charge is -2.40. The Balaban J connectivity index is 1.06. The van der Waals surface area contributed by atoms with Gasteiger partial charge in [0.15, 0.2) is 0 Å². The van der Waals surface area contributed by atoms with Crippen molar-refractivity contribution in [1.29, 1.82) is 0 Å². The number of carbonyl (C=O) groups excluding carboxylic acids is 4. The molecule has 7 rings (SSSR count). The van der Waals surface area contributed by atoms with Crippen LogP contribution in [0.25, 0.3) is 0 Å². The van der Waals surface area contributed by atoms with Gasteiger partial charge in [-0.3, -0.25) is 14.4 Å². The second-order valence-corrected chi connectivity index (χ2v) is 12.3. The van der Waals surface area contributed by atoms with Gasteiger partial charge in [-0.1, -0.05) is 48.5 Å². The van der Waals surface area contributed by atoms with Gasteiger partial charge in [-0.2, -0.15) is 0 Å². The molecule has 0 bridgehead atoms. The molecule has 4 fully saturated rings. The van der Waals surface area contributed by atoms with Crippen LogP contribution in [-0.2, 0) is 37.7 Å². The third kappa shape index (κ3) is 4.28. The van der Waals surface area contributed by atoms with Crippen molar-refractivity contribution in [1.82, 2.24) is 14.7 Å². The van der Waals surface area contributed by atoms with Gasteiger partial charge in [0, 0.05) is 49.5 Å². The fourth-order valence-corrected chi connectivity index (χ4v) is 6.68. The van der Waals surface area contributed by atoms with Crippen LogP contribution in [0.2, 0.25) is 0 Å². The number of likely N-dealkylation sites (tertiary alicyclic amines) is 1. The van der Waals surface area contributed by atoms with Crippen LogP contribution in [0, 0.1) is 11.8 Å². The molecule has 2 atom stereocenters. The number of carbonyl (C=O) groups is 4. The van der Waals surface area contributed by atoms with E-state index < -0.39 is 17.6 Å². The van der Waals surface area contributed by atoms with Crippen molar-refractivity contribution >= 4 is 23.8 Å². The summed E-state index contributed by atoms with van der Waals surface area (Å²) < 4.78 is 5.82. The summed E-state index contributed by atoms with van der Waals surface area (Å²) in [5, 5.41) is 0. The fraction of sp³-hybridized carbons (Fsp3) is 0.500. The lowest BCUT2D eigenvalue weighted by molar-refractivity contribution is -0.143. The maximum atomic E-state index is 13.8. The summed E-state index contributed by atoms with van der Waals surface area (Å²) in [6.45, 7) is 3.65. The fourth-order valence-electron chi connectivity index (χ4n) is 6.68. The monoisotopic (exact) mass is 541 g/mol. The summed E-state index contributed by atoms with van der Waals surface area (Å²) in [4.78, 5) is 57.5. The van der Waals surface area contributed by atoms with Crippen molar-refractivity contribution in [3.63, 3.8) is 0 Å². The van der Waals surface area contributed by atoms with E-state index in [1.54, 1.807) is 0 Å². The summed E-state index contributed by atoms with van der Waals surface area (Å²) in [5.41, 5.74) is 2.55. The molecule has 40 heavy (non-hydrogen) atoms. The minimum Gasteiger partial charge on any atom is -0.427 e. The van der Waals surface area contributed by atoms with Gasteiger partial charge in [0.1, 0.15) is 6.54 Å². The Kier molecular flexibility index (Phi) is 5.98. The molecule has 5 aliphatic rings. The smallest absolute Gasteiger partial charge is 0.418 e. The standard InChI is InChI=1S/C32H35N3O5/c1-20(22-7-8-22)34(16-21-5-3-2-4-6-21)28(36)19-35-30(38)32(40-31(35)39)14-13-25-15-24(11-12-27(25)32)26-17-33(18-26)29(37)23-9-10-23/h2-6,11-12,15,20,22-23,26H,7-10,13-14,16-19H2,1H3/t20-,32+/m0/s1. The lowest BCUT2D eigenvalue weighted by Crippen LogP contribution is -2.49. The molecule has 0 unspecified atom stereocenters. The molecule has 2 heterocycles. The van der Waals surface area contributed by atoms with E-state index in [-0.39, 0.29) is 30.3 Å². The van der Waals surface area contributed by atoms with E-state index in [4.69, 9.17) is 4.74 Å². The maximum absolute atomic E-state index is 13.8. The molecule has 3 aliphatic carbocycles. The van der Waals surface area contributed by atoms with Crippen molar-refractivity contribution in [2.75, 3.05) is 19.6 Å². The average molecular weight is 542 g/mol. The molecule has 0 radical (unpaired) electrons. The zero-order chi connectivity index (χ0) is 27.6. The predicted octanol–water partition coefficient (Wildman–Crippen LogP) is 3.97. The van der Waals surface area contributed by atoms with Crippen molar-refractivity contribution in [3.8, 4) is 0 Å². The summed E-state index contributed by atoms with van der Waals surface area (Å²) >= 11 is 0. The van der Waals surface area contributed by atoms with Crippen LogP contribution in [-0.4, -0.2) is 64.2 Å². The van der Waals surface area contributed by atoms with E-state index >= 15 is 0 Å². The van der Waals surface area contributed by atoms with Crippen LogP contribution >= 0.6 is 0 Å². The van der Waals surface area contributed by atoms with Crippen molar-refractivity contribution in [3.05, 3.63) is 70.8 Å². The van der Waals surface area contributed by atoms with Crippen LogP contribution in [0.1, 0.15) is 67.2 Å². The van der Waals surface area contributed by atoms with E-state index in [0.717, 1.165) is 65.9 Å². The maximum Gasteiger partial charge on any atom is 0.418 e. The Hall–Kier alpha value is -3.68. The van der Waals surface area contributed by atoms with Crippen LogP contribution < -0.4 is 0 Å². The van der Waals surface area contributed by atoms with Crippen molar-refractivity contribution < 1.29 is 23.9 Å². The van der Waals surface area contributed by atoms with Crippen molar-refractivity contribution in [2.45, 2.75) is 69.6 Å². The van der Waals surface area contributed by atoms with Crippen molar-refractivity contribution in [2.24, 2.45) is 11.8 Å². The minimum atomic E-state index is -1.36. The molecule has 8 nitrogen and oxygen atoms in total. The normalized spacial score (nSPS) is 24.6. The lowest BCUT2D eigenvalue weighted by atomic mass is 9.87. The van der Waals surface area contributed by atoms with Gasteiger partial charge in [-0.05, 0) is 61.6 Å². The summed E-state index contributed by atoms with van der Waals surface area (Å²) in [7, 11) is 0. The Morgan fingerprint density at radius 3 is 2.50 bits per heavy atom. The number of fused-ring (bicyclic) bond motifs is 2. The second kappa shape index (κ2) is 9.46. The Labute approximate surface area is 234 Å². The quantitative estimate of drug-likeness (QED) is 0.505. The summed E-state index contributed by atoms with van der Waals surface area (Å²) in [5.74, 6) is 0.579.